The maximum atomic E-state index is 6.91. The van der Waals surface area contributed by atoms with Gasteiger partial charge in [-0.1, -0.05) is 121 Å². The summed E-state index contributed by atoms with van der Waals surface area (Å²) in [5.74, 6) is 1.79. The minimum atomic E-state index is 0.560. The van der Waals surface area contributed by atoms with Crippen LogP contribution in [0.4, 0.5) is 0 Å². The van der Waals surface area contributed by atoms with Crippen LogP contribution in [0.15, 0.2) is 160 Å². The Labute approximate surface area is 295 Å². The van der Waals surface area contributed by atoms with Gasteiger partial charge in [-0.05, 0) is 35.9 Å². The normalized spacial score (nSPS) is 11.9. The number of hydrogen-bond acceptors (Lipinski definition) is 6. The number of rotatable bonds is 4. The zero-order valence-electron chi connectivity index (χ0n) is 27.0. The van der Waals surface area contributed by atoms with Gasteiger partial charge in [0.1, 0.15) is 22.3 Å². The van der Waals surface area contributed by atoms with Crippen LogP contribution in [-0.4, -0.2) is 15.0 Å². The molecule has 0 bridgehead atoms. The second kappa shape index (κ2) is 10.9. The molecule has 0 spiro atoms. The van der Waals surface area contributed by atoms with E-state index in [2.05, 4.69) is 91.0 Å². The average molecular weight is 672 g/mol. The average Bonchev–Trinajstić information content (AvgIpc) is 3.89. The number of benzene rings is 7. The summed E-state index contributed by atoms with van der Waals surface area (Å²) in [5.41, 5.74) is 8.00. The summed E-state index contributed by atoms with van der Waals surface area (Å²) in [6.45, 7) is 0. The lowest BCUT2D eigenvalue weighted by Crippen LogP contribution is -2.00. The number of para-hydroxylation sites is 3. The first-order valence-electron chi connectivity index (χ1n) is 16.9. The zero-order chi connectivity index (χ0) is 33.5. The number of hydrogen-bond donors (Lipinski definition) is 0. The quantitative estimate of drug-likeness (QED) is 0.186. The van der Waals surface area contributed by atoms with Crippen molar-refractivity contribution in [1.29, 1.82) is 0 Å². The van der Waals surface area contributed by atoms with E-state index < -0.39 is 0 Å². The fourth-order valence-corrected chi connectivity index (χ4v) is 8.56. The van der Waals surface area contributed by atoms with Crippen molar-refractivity contribution in [2.45, 2.75) is 0 Å². The summed E-state index contributed by atoms with van der Waals surface area (Å²) in [4.78, 5) is 15.2. The van der Waals surface area contributed by atoms with Gasteiger partial charge in [0.05, 0.1) is 5.56 Å². The molecule has 0 fully saturated rings. The van der Waals surface area contributed by atoms with Crippen molar-refractivity contribution < 1.29 is 8.83 Å². The minimum absolute atomic E-state index is 0.560. The highest BCUT2D eigenvalue weighted by molar-refractivity contribution is 7.25. The largest absolute Gasteiger partial charge is 0.456 e. The second-order valence-electron chi connectivity index (χ2n) is 12.7. The second-order valence-corrected chi connectivity index (χ2v) is 13.8. The van der Waals surface area contributed by atoms with Gasteiger partial charge in [-0.25, -0.2) is 15.0 Å². The van der Waals surface area contributed by atoms with E-state index in [4.69, 9.17) is 23.8 Å². The first-order valence-corrected chi connectivity index (χ1v) is 17.7. The summed E-state index contributed by atoms with van der Waals surface area (Å²) in [5, 5.41) is 6.69. The third-order valence-electron chi connectivity index (χ3n) is 9.76. The summed E-state index contributed by atoms with van der Waals surface area (Å²) < 4.78 is 15.6. The maximum absolute atomic E-state index is 6.91. The van der Waals surface area contributed by atoms with Gasteiger partial charge in [0.15, 0.2) is 17.5 Å². The van der Waals surface area contributed by atoms with Crippen molar-refractivity contribution in [3.63, 3.8) is 0 Å². The van der Waals surface area contributed by atoms with E-state index in [0.29, 0.717) is 17.5 Å². The molecule has 0 aliphatic carbocycles. The van der Waals surface area contributed by atoms with Crippen LogP contribution in [0, 0.1) is 0 Å². The van der Waals surface area contributed by atoms with Gasteiger partial charge in [-0.15, -0.1) is 11.3 Å². The number of furan rings is 2. The van der Waals surface area contributed by atoms with Gasteiger partial charge in [0, 0.05) is 58.4 Å². The summed E-state index contributed by atoms with van der Waals surface area (Å²) in [6, 6.07) is 52.0. The first-order chi connectivity index (χ1) is 25.3. The molecule has 11 rings (SSSR count). The molecule has 0 amide bonds. The van der Waals surface area contributed by atoms with E-state index in [9.17, 15) is 0 Å². The van der Waals surface area contributed by atoms with Crippen LogP contribution >= 0.6 is 11.3 Å². The molecule has 51 heavy (non-hydrogen) atoms. The number of thiophene rings is 1. The molecule has 0 N–H and O–H groups in total. The van der Waals surface area contributed by atoms with Gasteiger partial charge in [-0.2, -0.15) is 0 Å². The van der Waals surface area contributed by atoms with E-state index >= 15 is 0 Å². The van der Waals surface area contributed by atoms with Gasteiger partial charge >= 0.3 is 0 Å². The standard InChI is InChI=1S/C45H25N3O2S/c1-2-11-26(12-3-1)43-46-44(27-23-24-29-28-13-5-7-22-38(28)51-39(29)25-27)48-45(47-43)35-19-9-18-33-32-17-8-16-31(41(32)50-42(33)35)30-15-10-21-37-40(30)34-14-4-6-20-36(34)49-37/h1-25H. The van der Waals surface area contributed by atoms with Crippen LogP contribution in [0.2, 0.25) is 0 Å². The molecule has 0 radical (unpaired) electrons. The number of nitrogens with zero attached hydrogens (tertiary/aromatic N) is 3. The monoisotopic (exact) mass is 671 g/mol. The van der Waals surface area contributed by atoms with E-state index in [1.54, 1.807) is 11.3 Å². The fourth-order valence-electron chi connectivity index (χ4n) is 7.41. The van der Waals surface area contributed by atoms with Gasteiger partial charge in [-0.3, -0.25) is 0 Å². The highest BCUT2D eigenvalue weighted by Crippen LogP contribution is 2.43. The molecule has 4 aromatic heterocycles. The Kier molecular flexibility index (Phi) is 6.05. The molecule has 7 aromatic carbocycles. The highest BCUT2D eigenvalue weighted by Gasteiger charge is 2.21. The van der Waals surface area contributed by atoms with E-state index in [1.165, 1.54) is 20.2 Å². The molecule has 5 nitrogen and oxygen atoms in total. The molecular formula is C45H25N3O2S. The van der Waals surface area contributed by atoms with Crippen molar-refractivity contribution in [3.05, 3.63) is 152 Å². The fraction of sp³-hybridized carbons (Fsp3) is 0. The molecule has 11 aromatic rings. The van der Waals surface area contributed by atoms with Crippen molar-refractivity contribution in [1.82, 2.24) is 15.0 Å². The molecule has 6 heteroatoms. The molecule has 4 heterocycles. The van der Waals surface area contributed by atoms with Crippen molar-refractivity contribution >= 4 is 75.4 Å². The van der Waals surface area contributed by atoms with Crippen LogP contribution in [0.1, 0.15) is 0 Å². The SMILES string of the molecule is c1ccc(-c2nc(-c3ccc4c(c3)sc3ccccc34)nc(-c3cccc4c3oc3c(-c5cccc6oc7ccccc7c56)cccc34)n2)cc1. The Morgan fingerprint density at radius 3 is 1.84 bits per heavy atom. The van der Waals surface area contributed by atoms with E-state index in [1.807, 2.05) is 60.7 Å². The van der Waals surface area contributed by atoms with Gasteiger partial charge in [0.25, 0.3) is 0 Å². The highest BCUT2D eigenvalue weighted by atomic mass is 32.1. The predicted octanol–water partition coefficient (Wildman–Crippen LogP) is 12.7. The first kappa shape index (κ1) is 28.2. The zero-order valence-corrected chi connectivity index (χ0v) is 27.8. The molecule has 0 aliphatic heterocycles. The van der Waals surface area contributed by atoms with E-state index in [0.717, 1.165) is 71.7 Å². The van der Waals surface area contributed by atoms with E-state index in [-0.39, 0.29) is 0 Å². The summed E-state index contributed by atoms with van der Waals surface area (Å²) in [6.07, 6.45) is 0. The van der Waals surface area contributed by atoms with Crippen LogP contribution in [0.5, 0.6) is 0 Å². The Bertz CT molecular complexity index is 3160. The van der Waals surface area contributed by atoms with Gasteiger partial charge in [0.2, 0.25) is 0 Å². The lowest BCUT2D eigenvalue weighted by Gasteiger charge is -2.09. The van der Waals surface area contributed by atoms with Crippen molar-refractivity contribution in [3.8, 4) is 45.3 Å². The summed E-state index contributed by atoms with van der Waals surface area (Å²) >= 11 is 1.78. The third kappa shape index (κ3) is 4.37. The summed E-state index contributed by atoms with van der Waals surface area (Å²) in [7, 11) is 0. The van der Waals surface area contributed by atoms with Crippen LogP contribution in [0.25, 0.3) is 109 Å². The maximum Gasteiger partial charge on any atom is 0.167 e. The molecular weight excluding hydrogens is 647 g/mol. The lowest BCUT2D eigenvalue weighted by atomic mass is 9.97. The van der Waals surface area contributed by atoms with Gasteiger partial charge < -0.3 is 8.83 Å². The van der Waals surface area contributed by atoms with Crippen LogP contribution in [-0.2, 0) is 0 Å². The Morgan fingerprint density at radius 2 is 0.980 bits per heavy atom. The minimum Gasteiger partial charge on any atom is -0.456 e. The van der Waals surface area contributed by atoms with Crippen LogP contribution < -0.4 is 0 Å². The molecule has 238 valence electrons. The predicted molar refractivity (Wildman–Crippen MR) is 209 cm³/mol. The lowest BCUT2D eigenvalue weighted by molar-refractivity contribution is 0.669. The number of fused-ring (bicyclic) bond motifs is 9. The molecule has 0 atom stereocenters. The molecule has 0 unspecified atom stereocenters. The Balaban J connectivity index is 1.13. The number of aromatic nitrogens is 3. The van der Waals surface area contributed by atoms with Crippen LogP contribution in [0.3, 0.4) is 0 Å². The smallest absolute Gasteiger partial charge is 0.167 e. The van der Waals surface area contributed by atoms with Crippen molar-refractivity contribution in [2.75, 3.05) is 0 Å². The third-order valence-corrected chi connectivity index (χ3v) is 10.9. The Hall–Kier alpha value is -6.63. The molecule has 0 saturated carbocycles. The Morgan fingerprint density at radius 1 is 0.373 bits per heavy atom. The molecule has 0 saturated heterocycles. The topological polar surface area (TPSA) is 65.0 Å². The molecule has 0 aliphatic rings. The van der Waals surface area contributed by atoms with Crippen molar-refractivity contribution in [2.24, 2.45) is 0 Å².